The number of rotatable bonds is 5. The van der Waals surface area contributed by atoms with Gasteiger partial charge < -0.3 is 10.2 Å². The van der Waals surface area contributed by atoms with E-state index in [0.29, 0.717) is 52.7 Å². The molecule has 31 heavy (non-hydrogen) atoms. The van der Waals surface area contributed by atoms with Crippen molar-refractivity contribution >= 4 is 46.2 Å². The summed E-state index contributed by atoms with van der Waals surface area (Å²) in [4.78, 5) is 28.0. The smallest absolute Gasteiger partial charge is 0.256 e. The van der Waals surface area contributed by atoms with Crippen molar-refractivity contribution in [1.29, 1.82) is 5.26 Å². The van der Waals surface area contributed by atoms with E-state index in [-0.39, 0.29) is 11.8 Å². The van der Waals surface area contributed by atoms with Crippen molar-refractivity contribution in [1.82, 2.24) is 4.90 Å². The normalized spacial score (nSPS) is 15.2. The molecule has 0 fully saturated rings. The summed E-state index contributed by atoms with van der Waals surface area (Å²) < 4.78 is 0. The summed E-state index contributed by atoms with van der Waals surface area (Å²) in [5.74, 6) is -0.421. The lowest BCUT2D eigenvalue weighted by molar-refractivity contribution is -0.112. The van der Waals surface area contributed by atoms with Crippen LogP contribution in [0, 0.1) is 11.3 Å². The molecule has 0 saturated heterocycles. The molecule has 0 unspecified atom stereocenters. The summed E-state index contributed by atoms with van der Waals surface area (Å²) in [6, 6.07) is 15.1. The number of benzene rings is 2. The fourth-order valence-corrected chi connectivity index (χ4v) is 4.17. The molecule has 5 nitrogen and oxygen atoms in total. The lowest BCUT2D eigenvalue weighted by Gasteiger charge is -2.17. The first-order valence-electron chi connectivity index (χ1n) is 9.74. The van der Waals surface area contributed by atoms with E-state index in [9.17, 15) is 9.59 Å². The molecule has 2 aromatic rings. The minimum absolute atomic E-state index is 0.0878. The Morgan fingerprint density at radius 1 is 1.23 bits per heavy atom. The average molecular weight is 448 g/mol. The highest BCUT2D eigenvalue weighted by atomic mass is 35.5. The maximum absolute atomic E-state index is 13.0. The third-order valence-corrected chi connectivity index (χ3v) is 5.90. The van der Waals surface area contributed by atoms with Gasteiger partial charge in [0, 0.05) is 46.2 Å². The van der Waals surface area contributed by atoms with Crippen LogP contribution in [0.1, 0.15) is 33.5 Å². The van der Waals surface area contributed by atoms with Crippen LogP contribution in [0.2, 0.25) is 0 Å². The second-order valence-corrected chi connectivity index (χ2v) is 8.31. The highest BCUT2D eigenvalue weighted by molar-refractivity contribution is 7.81. The van der Waals surface area contributed by atoms with E-state index in [2.05, 4.69) is 11.4 Å². The van der Waals surface area contributed by atoms with Gasteiger partial charge >= 0.3 is 0 Å². The number of fused-ring (bicyclic) bond motifs is 1. The molecule has 1 aliphatic carbocycles. The molecule has 0 aromatic heterocycles. The first-order valence-corrected chi connectivity index (χ1v) is 10.5. The molecule has 4 rings (SSSR count). The van der Waals surface area contributed by atoms with E-state index < -0.39 is 0 Å². The number of carbonyl (C=O) groups excluding carboxylic acids is 2. The van der Waals surface area contributed by atoms with Gasteiger partial charge in [0.15, 0.2) is 0 Å². The molecule has 1 N–H and O–H groups in total. The quantitative estimate of drug-likeness (QED) is 0.676. The fraction of sp³-hybridized carbons (Fsp3) is 0.167. The van der Waals surface area contributed by atoms with Crippen LogP contribution < -0.4 is 5.32 Å². The van der Waals surface area contributed by atoms with E-state index in [1.165, 1.54) is 0 Å². The molecule has 0 spiro atoms. The molecular weight excluding hydrogens is 430 g/mol. The Bertz CT molecular complexity index is 1210. The van der Waals surface area contributed by atoms with Crippen LogP contribution in [0.15, 0.2) is 65.2 Å². The second-order valence-electron chi connectivity index (χ2n) is 7.38. The third-order valence-electron chi connectivity index (χ3n) is 5.25. The van der Waals surface area contributed by atoms with Gasteiger partial charge in [-0.15, -0.1) is 0 Å². The van der Waals surface area contributed by atoms with Crippen LogP contribution in [0.3, 0.4) is 0 Å². The lowest BCUT2D eigenvalue weighted by Crippen LogP contribution is -2.23. The standard InChI is InChI=1S/C24H18ClN3O2S/c25-17-7-8-22(31)19(12-17)23(29)27-21-6-2-5-18-20(21)14-28(24(18)30)13-16-4-1-3-15(11-16)9-10-26/h1-7,11-12H,8-9,13-14H2,(H,27,29). The zero-order chi connectivity index (χ0) is 22.0. The van der Waals surface area contributed by atoms with Crippen LogP contribution in [0.5, 0.6) is 0 Å². The third kappa shape index (κ3) is 4.43. The van der Waals surface area contributed by atoms with Crippen molar-refractivity contribution in [3.05, 3.63) is 87.5 Å². The van der Waals surface area contributed by atoms with Gasteiger partial charge in [-0.3, -0.25) is 9.59 Å². The molecule has 0 radical (unpaired) electrons. The Kier molecular flexibility index (Phi) is 5.99. The number of nitrogens with one attached hydrogen (secondary N) is 1. The maximum atomic E-state index is 13.0. The molecule has 2 aliphatic rings. The van der Waals surface area contributed by atoms with Crippen molar-refractivity contribution in [2.24, 2.45) is 0 Å². The minimum atomic E-state index is -0.334. The van der Waals surface area contributed by atoms with Crippen LogP contribution in [0.4, 0.5) is 5.69 Å². The molecule has 7 heteroatoms. The van der Waals surface area contributed by atoms with Crippen molar-refractivity contribution in [3.8, 4) is 6.07 Å². The number of thiocarbonyl (C=S) groups is 1. The number of carbonyl (C=O) groups is 2. The average Bonchev–Trinajstić information content (AvgIpc) is 3.07. The van der Waals surface area contributed by atoms with Crippen LogP contribution in [-0.2, 0) is 24.3 Å². The predicted molar refractivity (Wildman–Crippen MR) is 124 cm³/mol. The number of nitrogens with zero attached hydrogens (tertiary/aromatic N) is 2. The Hall–Kier alpha value is -3.27. The van der Waals surface area contributed by atoms with E-state index in [1.807, 2.05) is 24.3 Å². The van der Waals surface area contributed by atoms with E-state index >= 15 is 0 Å². The molecule has 2 aromatic carbocycles. The number of allylic oxidation sites excluding steroid dienone is 3. The molecule has 2 amide bonds. The number of anilines is 1. The number of nitriles is 1. The number of halogens is 1. The fourth-order valence-electron chi connectivity index (χ4n) is 3.74. The molecule has 154 valence electrons. The van der Waals surface area contributed by atoms with Gasteiger partial charge in [-0.25, -0.2) is 0 Å². The summed E-state index contributed by atoms with van der Waals surface area (Å²) in [7, 11) is 0. The highest BCUT2D eigenvalue weighted by Gasteiger charge is 2.30. The van der Waals surface area contributed by atoms with Gasteiger partial charge in [-0.1, -0.05) is 60.2 Å². The Balaban J connectivity index is 1.54. The van der Waals surface area contributed by atoms with Gasteiger partial charge in [0.2, 0.25) is 0 Å². The van der Waals surface area contributed by atoms with E-state index in [0.717, 1.165) is 16.7 Å². The molecule has 1 aliphatic heterocycles. The first-order chi connectivity index (χ1) is 15.0. The summed E-state index contributed by atoms with van der Waals surface area (Å²) >= 11 is 11.3. The Labute approximate surface area is 190 Å². The maximum Gasteiger partial charge on any atom is 0.256 e. The van der Waals surface area contributed by atoms with Gasteiger partial charge in [0.05, 0.1) is 18.1 Å². The topological polar surface area (TPSA) is 73.2 Å². The monoisotopic (exact) mass is 447 g/mol. The van der Waals surface area contributed by atoms with Crippen LogP contribution >= 0.6 is 23.8 Å². The number of amides is 2. The van der Waals surface area contributed by atoms with Crippen LogP contribution in [0.25, 0.3) is 0 Å². The van der Waals surface area contributed by atoms with Crippen molar-refractivity contribution < 1.29 is 9.59 Å². The van der Waals surface area contributed by atoms with Crippen LogP contribution in [-0.4, -0.2) is 21.6 Å². The largest absolute Gasteiger partial charge is 0.330 e. The zero-order valence-electron chi connectivity index (χ0n) is 16.5. The lowest BCUT2D eigenvalue weighted by atomic mass is 10.0. The Morgan fingerprint density at radius 3 is 2.81 bits per heavy atom. The highest BCUT2D eigenvalue weighted by Crippen LogP contribution is 2.31. The van der Waals surface area contributed by atoms with Gasteiger partial charge in [0.25, 0.3) is 11.8 Å². The van der Waals surface area contributed by atoms with E-state index in [4.69, 9.17) is 29.1 Å². The van der Waals surface area contributed by atoms with Crippen molar-refractivity contribution in [3.63, 3.8) is 0 Å². The zero-order valence-corrected chi connectivity index (χ0v) is 18.1. The van der Waals surface area contributed by atoms with Gasteiger partial charge in [-0.2, -0.15) is 5.26 Å². The van der Waals surface area contributed by atoms with Crippen molar-refractivity contribution in [2.45, 2.75) is 25.9 Å². The summed E-state index contributed by atoms with van der Waals surface area (Å²) in [6.45, 7) is 0.813. The van der Waals surface area contributed by atoms with Gasteiger partial charge in [0.1, 0.15) is 0 Å². The first kappa shape index (κ1) is 21.0. The van der Waals surface area contributed by atoms with Gasteiger partial charge in [-0.05, 0) is 29.3 Å². The predicted octanol–water partition coefficient (Wildman–Crippen LogP) is 4.67. The summed E-state index contributed by atoms with van der Waals surface area (Å²) in [6.07, 6.45) is 4.12. The molecular formula is C24H18ClN3O2S. The Morgan fingerprint density at radius 2 is 2.00 bits per heavy atom. The molecule has 0 bridgehead atoms. The second kappa shape index (κ2) is 8.84. The molecule has 1 heterocycles. The van der Waals surface area contributed by atoms with E-state index in [1.54, 1.807) is 35.3 Å². The number of hydrogen-bond acceptors (Lipinski definition) is 4. The van der Waals surface area contributed by atoms with Crippen molar-refractivity contribution in [2.75, 3.05) is 5.32 Å². The minimum Gasteiger partial charge on any atom is -0.330 e. The molecule has 0 atom stereocenters. The summed E-state index contributed by atoms with van der Waals surface area (Å²) in [5.41, 5.74) is 4.18. The number of hydrogen-bond donors (Lipinski definition) is 1. The molecule has 0 saturated carbocycles. The summed E-state index contributed by atoms with van der Waals surface area (Å²) in [5, 5.41) is 12.3. The SMILES string of the molecule is N#CCc1cccc(CN2Cc3c(NC(=O)C4=CC(Cl)=CCC4=S)cccc3C2=O)c1.